The van der Waals surface area contributed by atoms with Crippen molar-refractivity contribution >= 4 is 0 Å². The average molecular weight is 241 g/mol. The van der Waals surface area contributed by atoms with Crippen molar-refractivity contribution in [1.29, 1.82) is 0 Å². The van der Waals surface area contributed by atoms with Crippen LogP contribution < -0.4 is 5.32 Å². The Labute approximate surface area is 111 Å². The average Bonchev–Trinajstić information content (AvgIpc) is 2.42. The van der Waals surface area contributed by atoms with Crippen LogP contribution in [0.2, 0.25) is 0 Å². The summed E-state index contributed by atoms with van der Waals surface area (Å²) in [5.41, 5.74) is 2.65. The molecule has 0 spiro atoms. The standard InChI is InChI=1S/C14H15N.C3H8/c1-3-7-13(8-4-1)11-15-12-14-9-5-2-6-10-14;1-3-2/h1-10,15H,11-12H2;3H2,1-2H3. The zero-order chi connectivity index (χ0) is 13.1. The van der Waals surface area contributed by atoms with Gasteiger partial charge >= 0.3 is 0 Å². The summed E-state index contributed by atoms with van der Waals surface area (Å²) in [6, 6.07) is 20.9. The molecule has 1 nitrogen and oxygen atoms in total. The molecule has 0 saturated heterocycles. The monoisotopic (exact) mass is 241 g/mol. The molecule has 2 aromatic rings. The summed E-state index contributed by atoms with van der Waals surface area (Å²) in [5, 5.41) is 3.42. The molecular formula is C17H23N. The van der Waals surface area contributed by atoms with Crippen LogP contribution in [-0.2, 0) is 13.1 Å². The van der Waals surface area contributed by atoms with Crippen LogP contribution in [0.3, 0.4) is 0 Å². The van der Waals surface area contributed by atoms with Crippen molar-refractivity contribution in [2.24, 2.45) is 0 Å². The van der Waals surface area contributed by atoms with Gasteiger partial charge in [0.2, 0.25) is 0 Å². The van der Waals surface area contributed by atoms with Crippen molar-refractivity contribution < 1.29 is 0 Å². The van der Waals surface area contributed by atoms with Crippen LogP contribution in [0, 0.1) is 0 Å². The summed E-state index contributed by atoms with van der Waals surface area (Å²) in [6.07, 6.45) is 1.25. The fourth-order valence-electron chi connectivity index (χ4n) is 1.54. The van der Waals surface area contributed by atoms with E-state index < -0.39 is 0 Å². The Morgan fingerprint density at radius 1 is 0.667 bits per heavy atom. The van der Waals surface area contributed by atoms with E-state index in [-0.39, 0.29) is 0 Å². The topological polar surface area (TPSA) is 12.0 Å². The molecule has 1 heteroatoms. The Morgan fingerprint density at radius 2 is 1.00 bits per heavy atom. The van der Waals surface area contributed by atoms with Crippen LogP contribution in [-0.4, -0.2) is 0 Å². The van der Waals surface area contributed by atoms with Crippen LogP contribution in [0.1, 0.15) is 31.4 Å². The van der Waals surface area contributed by atoms with E-state index in [1.807, 2.05) is 12.1 Å². The van der Waals surface area contributed by atoms with Gasteiger partial charge in [-0.25, -0.2) is 0 Å². The van der Waals surface area contributed by atoms with Gasteiger partial charge in [0.1, 0.15) is 0 Å². The third-order valence-electron chi connectivity index (χ3n) is 2.34. The molecule has 2 rings (SSSR count). The first-order chi connectivity index (χ1) is 8.86. The minimum absolute atomic E-state index is 0.926. The molecule has 0 heterocycles. The van der Waals surface area contributed by atoms with Gasteiger partial charge in [-0.15, -0.1) is 0 Å². The molecule has 0 aliphatic carbocycles. The minimum atomic E-state index is 0.926. The quantitative estimate of drug-likeness (QED) is 0.837. The van der Waals surface area contributed by atoms with Gasteiger partial charge < -0.3 is 5.32 Å². The number of benzene rings is 2. The Kier molecular flexibility index (Phi) is 7.58. The highest BCUT2D eigenvalue weighted by Crippen LogP contribution is 2.00. The number of hydrogen-bond acceptors (Lipinski definition) is 1. The lowest BCUT2D eigenvalue weighted by molar-refractivity contribution is 0.693. The van der Waals surface area contributed by atoms with Gasteiger partial charge in [-0.3, -0.25) is 0 Å². The van der Waals surface area contributed by atoms with Crippen LogP contribution >= 0.6 is 0 Å². The van der Waals surface area contributed by atoms with Gasteiger partial charge in [0, 0.05) is 13.1 Å². The summed E-state index contributed by atoms with van der Waals surface area (Å²) < 4.78 is 0. The smallest absolute Gasteiger partial charge is 0.0208 e. The van der Waals surface area contributed by atoms with E-state index in [2.05, 4.69) is 67.7 Å². The number of nitrogens with one attached hydrogen (secondary N) is 1. The molecule has 0 radical (unpaired) electrons. The highest BCUT2D eigenvalue weighted by atomic mass is 14.8. The van der Waals surface area contributed by atoms with E-state index in [1.165, 1.54) is 17.5 Å². The summed E-state index contributed by atoms with van der Waals surface area (Å²) in [7, 11) is 0. The van der Waals surface area contributed by atoms with Crippen molar-refractivity contribution in [3.05, 3.63) is 71.8 Å². The van der Waals surface area contributed by atoms with Gasteiger partial charge in [0.15, 0.2) is 0 Å². The van der Waals surface area contributed by atoms with Gasteiger partial charge in [0.25, 0.3) is 0 Å². The normalized spacial score (nSPS) is 9.44. The third kappa shape index (κ3) is 6.21. The highest BCUT2D eigenvalue weighted by molar-refractivity contribution is 5.16. The van der Waals surface area contributed by atoms with Crippen molar-refractivity contribution in [3.63, 3.8) is 0 Å². The second-order valence-electron chi connectivity index (χ2n) is 4.28. The van der Waals surface area contributed by atoms with E-state index in [9.17, 15) is 0 Å². The van der Waals surface area contributed by atoms with Gasteiger partial charge in [-0.2, -0.15) is 0 Å². The lowest BCUT2D eigenvalue weighted by Gasteiger charge is -2.04. The zero-order valence-electron chi connectivity index (χ0n) is 11.4. The van der Waals surface area contributed by atoms with Crippen LogP contribution in [0.15, 0.2) is 60.7 Å². The molecule has 0 aromatic heterocycles. The Bertz CT molecular complexity index is 355. The first kappa shape index (κ1) is 14.5. The zero-order valence-corrected chi connectivity index (χ0v) is 11.4. The van der Waals surface area contributed by atoms with E-state index >= 15 is 0 Å². The molecule has 0 fully saturated rings. The highest BCUT2D eigenvalue weighted by Gasteiger charge is 1.92. The van der Waals surface area contributed by atoms with Crippen LogP contribution in [0.5, 0.6) is 0 Å². The first-order valence-corrected chi connectivity index (χ1v) is 6.65. The Balaban J connectivity index is 0.000000492. The van der Waals surface area contributed by atoms with E-state index in [4.69, 9.17) is 0 Å². The second-order valence-corrected chi connectivity index (χ2v) is 4.28. The van der Waals surface area contributed by atoms with Crippen LogP contribution in [0.25, 0.3) is 0 Å². The van der Waals surface area contributed by atoms with Crippen LogP contribution in [0.4, 0.5) is 0 Å². The van der Waals surface area contributed by atoms with Crippen molar-refractivity contribution in [3.8, 4) is 0 Å². The van der Waals surface area contributed by atoms with Gasteiger partial charge in [-0.05, 0) is 11.1 Å². The second kappa shape index (κ2) is 9.43. The maximum atomic E-state index is 3.42. The fourth-order valence-corrected chi connectivity index (χ4v) is 1.54. The predicted molar refractivity (Wildman–Crippen MR) is 79.4 cm³/mol. The van der Waals surface area contributed by atoms with Crippen molar-refractivity contribution in [2.45, 2.75) is 33.4 Å². The molecule has 1 N–H and O–H groups in total. The number of rotatable bonds is 4. The lowest BCUT2D eigenvalue weighted by Crippen LogP contribution is -2.12. The Hall–Kier alpha value is -1.60. The third-order valence-corrected chi connectivity index (χ3v) is 2.34. The largest absolute Gasteiger partial charge is 0.309 e. The molecule has 18 heavy (non-hydrogen) atoms. The summed E-state index contributed by atoms with van der Waals surface area (Å²) in [4.78, 5) is 0. The van der Waals surface area contributed by atoms with Crippen molar-refractivity contribution in [1.82, 2.24) is 5.32 Å². The predicted octanol–water partition coefficient (Wildman–Crippen LogP) is 4.39. The van der Waals surface area contributed by atoms with Crippen molar-refractivity contribution in [2.75, 3.05) is 0 Å². The molecule has 0 aliphatic rings. The SMILES string of the molecule is CCC.c1ccc(CNCc2ccccc2)cc1. The molecule has 0 amide bonds. The fraction of sp³-hybridized carbons (Fsp3) is 0.294. The Morgan fingerprint density at radius 3 is 1.33 bits per heavy atom. The molecular weight excluding hydrogens is 218 g/mol. The molecule has 0 unspecified atom stereocenters. The molecule has 96 valence electrons. The summed E-state index contributed by atoms with van der Waals surface area (Å²) >= 11 is 0. The molecule has 2 aromatic carbocycles. The van der Waals surface area contributed by atoms with E-state index in [0.717, 1.165) is 13.1 Å². The maximum absolute atomic E-state index is 3.42. The van der Waals surface area contributed by atoms with Gasteiger partial charge in [0.05, 0.1) is 0 Å². The van der Waals surface area contributed by atoms with E-state index in [0.29, 0.717) is 0 Å². The van der Waals surface area contributed by atoms with E-state index in [1.54, 1.807) is 0 Å². The molecule has 0 atom stereocenters. The molecule has 0 bridgehead atoms. The molecule has 0 saturated carbocycles. The maximum Gasteiger partial charge on any atom is 0.0208 e. The lowest BCUT2D eigenvalue weighted by atomic mass is 10.2. The number of hydrogen-bond donors (Lipinski definition) is 1. The minimum Gasteiger partial charge on any atom is -0.309 e. The summed E-state index contributed by atoms with van der Waals surface area (Å²) in [6.45, 7) is 6.10. The summed E-state index contributed by atoms with van der Waals surface area (Å²) in [5.74, 6) is 0. The van der Waals surface area contributed by atoms with Gasteiger partial charge in [-0.1, -0.05) is 80.9 Å². The molecule has 0 aliphatic heterocycles. The first-order valence-electron chi connectivity index (χ1n) is 6.65.